The van der Waals surface area contributed by atoms with Crippen LogP contribution in [0.15, 0.2) is 0 Å². The van der Waals surface area contributed by atoms with Crippen molar-refractivity contribution in [2.75, 3.05) is 6.54 Å². The maximum atomic E-state index is 8.00. The predicted molar refractivity (Wildman–Crippen MR) is 50.1 cm³/mol. The van der Waals surface area contributed by atoms with Crippen molar-refractivity contribution in [2.24, 2.45) is 5.92 Å². The van der Waals surface area contributed by atoms with E-state index < -0.39 is 0 Å². The summed E-state index contributed by atoms with van der Waals surface area (Å²) in [4.78, 5) is 8.00. The molecular weight excluding hydrogens is 150 g/mol. The number of hydrogen-bond donors (Lipinski definition) is 1. The van der Waals surface area contributed by atoms with Crippen molar-refractivity contribution in [1.82, 2.24) is 5.32 Å². The number of rotatable bonds is 0. The summed E-state index contributed by atoms with van der Waals surface area (Å²) in [5.74, 6) is 1.04. The molecule has 12 heavy (non-hydrogen) atoms. The zero-order valence-corrected chi connectivity index (χ0v) is 7.72. The molecule has 2 nitrogen and oxygen atoms in total. The first kappa shape index (κ1) is 9.72. The van der Waals surface area contributed by atoms with Crippen molar-refractivity contribution < 1.29 is 4.79 Å². The Morgan fingerprint density at radius 1 is 1.00 bits per heavy atom. The fourth-order valence-electron chi connectivity index (χ4n) is 2.47. The Morgan fingerprint density at radius 2 is 1.67 bits per heavy atom. The lowest BCUT2D eigenvalue weighted by Crippen LogP contribution is -2.42. The SMILES string of the molecule is C1CCC2NCCCC2C1.C=O. The van der Waals surface area contributed by atoms with Crippen LogP contribution in [0, 0.1) is 5.92 Å². The molecule has 0 aromatic rings. The van der Waals surface area contributed by atoms with Crippen LogP contribution in [-0.2, 0) is 4.79 Å². The van der Waals surface area contributed by atoms with E-state index in [1.807, 2.05) is 6.79 Å². The molecule has 1 heterocycles. The van der Waals surface area contributed by atoms with Gasteiger partial charge in [-0.25, -0.2) is 0 Å². The third-order valence-corrected chi connectivity index (χ3v) is 3.07. The standard InChI is InChI=1S/C9H17N.CH2O/c1-2-6-9-8(4-1)5-3-7-10-9;1-2/h8-10H,1-7H2;1H2. The molecule has 0 aromatic heterocycles. The maximum Gasteiger partial charge on any atom is 0.106 e. The van der Waals surface area contributed by atoms with E-state index in [0.29, 0.717) is 0 Å². The van der Waals surface area contributed by atoms with Crippen LogP contribution in [0.4, 0.5) is 0 Å². The molecule has 1 saturated heterocycles. The highest BCUT2D eigenvalue weighted by Gasteiger charge is 2.26. The Labute approximate surface area is 74.7 Å². The molecule has 2 heteroatoms. The number of piperidine rings is 1. The fourth-order valence-corrected chi connectivity index (χ4v) is 2.47. The molecular formula is C10H19NO. The molecule has 0 radical (unpaired) electrons. The summed E-state index contributed by atoms with van der Waals surface area (Å²) in [7, 11) is 0. The van der Waals surface area contributed by atoms with Crippen LogP contribution in [0.1, 0.15) is 38.5 Å². The van der Waals surface area contributed by atoms with E-state index in [1.165, 1.54) is 45.1 Å². The van der Waals surface area contributed by atoms with Crippen LogP contribution in [0.2, 0.25) is 0 Å². The van der Waals surface area contributed by atoms with Gasteiger partial charge < -0.3 is 10.1 Å². The largest absolute Gasteiger partial charge is 0.314 e. The average Bonchev–Trinajstić information content (AvgIpc) is 2.21. The molecule has 1 aliphatic heterocycles. The molecule has 0 amide bonds. The minimum absolute atomic E-state index is 0.905. The van der Waals surface area contributed by atoms with Gasteiger partial charge in [0.2, 0.25) is 0 Å². The monoisotopic (exact) mass is 169 g/mol. The van der Waals surface area contributed by atoms with Crippen molar-refractivity contribution in [1.29, 1.82) is 0 Å². The number of nitrogens with one attached hydrogen (secondary N) is 1. The normalized spacial score (nSPS) is 34.3. The maximum absolute atomic E-state index is 8.00. The third kappa shape index (κ3) is 2.31. The van der Waals surface area contributed by atoms with Crippen LogP contribution in [-0.4, -0.2) is 19.4 Å². The van der Waals surface area contributed by atoms with E-state index in [9.17, 15) is 0 Å². The molecule has 2 rings (SSSR count). The molecule has 0 bridgehead atoms. The molecule has 70 valence electrons. The zero-order valence-electron chi connectivity index (χ0n) is 7.72. The van der Waals surface area contributed by atoms with Gasteiger partial charge in [-0.3, -0.25) is 0 Å². The number of fused-ring (bicyclic) bond motifs is 1. The van der Waals surface area contributed by atoms with Gasteiger partial charge in [-0.05, 0) is 38.1 Å². The van der Waals surface area contributed by atoms with Gasteiger partial charge in [0.1, 0.15) is 6.79 Å². The predicted octanol–water partition coefficient (Wildman–Crippen LogP) is 1.74. The van der Waals surface area contributed by atoms with Crippen molar-refractivity contribution in [3.8, 4) is 0 Å². The van der Waals surface area contributed by atoms with E-state index in [0.717, 1.165) is 12.0 Å². The summed E-state index contributed by atoms with van der Waals surface area (Å²) in [6.45, 7) is 3.28. The lowest BCUT2D eigenvalue weighted by Gasteiger charge is -2.36. The van der Waals surface area contributed by atoms with Gasteiger partial charge in [-0.15, -0.1) is 0 Å². The topological polar surface area (TPSA) is 29.1 Å². The van der Waals surface area contributed by atoms with Crippen molar-refractivity contribution in [3.05, 3.63) is 0 Å². The minimum atomic E-state index is 0.905. The number of carbonyl (C=O) groups is 1. The molecule has 0 aromatic carbocycles. The van der Waals surface area contributed by atoms with Crippen molar-refractivity contribution >= 4 is 6.79 Å². The summed E-state index contributed by atoms with van der Waals surface area (Å²) >= 11 is 0. The molecule has 1 N–H and O–H groups in total. The lowest BCUT2D eigenvalue weighted by atomic mass is 9.80. The molecule has 1 aliphatic carbocycles. The zero-order chi connectivity index (χ0) is 8.81. The molecule has 2 aliphatic rings. The lowest BCUT2D eigenvalue weighted by molar-refractivity contribution is -0.0979. The minimum Gasteiger partial charge on any atom is -0.314 e. The summed E-state index contributed by atoms with van der Waals surface area (Å²) in [5.41, 5.74) is 0. The van der Waals surface area contributed by atoms with E-state index in [2.05, 4.69) is 5.32 Å². The molecule has 0 spiro atoms. The first-order chi connectivity index (χ1) is 5.97. The summed E-state index contributed by atoms with van der Waals surface area (Å²) in [6, 6.07) is 0.905. The Morgan fingerprint density at radius 3 is 2.42 bits per heavy atom. The van der Waals surface area contributed by atoms with Gasteiger partial charge in [0.25, 0.3) is 0 Å². The van der Waals surface area contributed by atoms with Crippen LogP contribution in [0.3, 0.4) is 0 Å². The second kappa shape index (κ2) is 5.31. The summed E-state index contributed by atoms with van der Waals surface area (Å²) in [5, 5.41) is 3.62. The fraction of sp³-hybridized carbons (Fsp3) is 0.900. The average molecular weight is 169 g/mol. The first-order valence-electron chi connectivity index (χ1n) is 4.99. The highest BCUT2D eigenvalue weighted by molar-refractivity contribution is 5.10. The van der Waals surface area contributed by atoms with Crippen molar-refractivity contribution in [3.63, 3.8) is 0 Å². The third-order valence-electron chi connectivity index (χ3n) is 3.07. The Balaban J connectivity index is 0.000000336. The molecule has 2 fully saturated rings. The van der Waals surface area contributed by atoms with Gasteiger partial charge in [0, 0.05) is 6.04 Å². The quantitative estimate of drug-likeness (QED) is 0.598. The van der Waals surface area contributed by atoms with Gasteiger partial charge >= 0.3 is 0 Å². The van der Waals surface area contributed by atoms with Crippen LogP contribution in [0.5, 0.6) is 0 Å². The number of carbonyl (C=O) groups excluding carboxylic acids is 1. The van der Waals surface area contributed by atoms with Gasteiger partial charge in [0.05, 0.1) is 0 Å². The first-order valence-corrected chi connectivity index (χ1v) is 4.99. The summed E-state index contributed by atoms with van der Waals surface area (Å²) < 4.78 is 0. The van der Waals surface area contributed by atoms with Gasteiger partial charge in [-0.1, -0.05) is 12.8 Å². The molecule has 2 unspecified atom stereocenters. The van der Waals surface area contributed by atoms with E-state index in [-0.39, 0.29) is 0 Å². The van der Waals surface area contributed by atoms with E-state index in [4.69, 9.17) is 4.79 Å². The van der Waals surface area contributed by atoms with Gasteiger partial charge in [-0.2, -0.15) is 0 Å². The highest BCUT2D eigenvalue weighted by atomic mass is 16.1. The Bertz CT molecular complexity index is 101. The number of hydrogen-bond acceptors (Lipinski definition) is 2. The second-order valence-electron chi connectivity index (χ2n) is 3.75. The molecule has 2 atom stereocenters. The van der Waals surface area contributed by atoms with Crippen LogP contribution >= 0.6 is 0 Å². The highest BCUT2D eigenvalue weighted by Crippen LogP contribution is 2.29. The summed E-state index contributed by atoms with van der Waals surface area (Å²) in [6.07, 6.45) is 8.82. The van der Waals surface area contributed by atoms with E-state index in [1.54, 1.807) is 0 Å². The van der Waals surface area contributed by atoms with Crippen LogP contribution in [0.25, 0.3) is 0 Å². The van der Waals surface area contributed by atoms with Gasteiger partial charge in [0.15, 0.2) is 0 Å². The Hall–Kier alpha value is -0.370. The molecule has 1 saturated carbocycles. The van der Waals surface area contributed by atoms with Crippen LogP contribution < -0.4 is 5.32 Å². The second-order valence-corrected chi connectivity index (χ2v) is 3.75. The van der Waals surface area contributed by atoms with Crippen molar-refractivity contribution in [2.45, 2.75) is 44.6 Å². The smallest absolute Gasteiger partial charge is 0.106 e. The van der Waals surface area contributed by atoms with E-state index >= 15 is 0 Å². The Kier molecular flexibility index (Phi) is 4.30.